The fourth-order valence-electron chi connectivity index (χ4n) is 11.0. The second kappa shape index (κ2) is 20.6. The number of aromatic nitrogens is 3. The summed E-state index contributed by atoms with van der Waals surface area (Å²) in [5.41, 5.74) is 23.1. The van der Waals surface area contributed by atoms with Crippen LogP contribution in [0.15, 0.2) is 279 Å². The van der Waals surface area contributed by atoms with Crippen molar-refractivity contribution in [3.63, 3.8) is 0 Å². The van der Waals surface area contributed by atoms with Crippen LogP contribution in [0.25, 0.3) is 83.6 Å². The lowest BCUT2D eigenvalue weighted by Gasteiger charge is -2.26. The molecule has 0 bridgehead atoms. The molecule has 0 radical (unpaired) electrons. The SMILES string of the molecule is Cc1cccc(-c2cc(-c3ccc(-c4ccc(-c5ccc(-n6c7ccc(N(c8ccccc8)c8ccccc8)cc7c7cc(N(c8ccccc8)c8ccccc8)ccc76)c(C)c5)cc4)cc3)nc(-c3cccc(C)c3)n2)c1. The first-order valence-corrected chi connectivity index (χ1v) is 26.6. The highest BCUT2D eigenvalue weighted by Crippen LogP contribution is 2.44. The molecule has 0 saturated carbocycles. The van der Waals surface area contributed by atoms with Gasteiger partial charge in [0, 0.05) is 67.3 Å². The predicted octanol–water partition coefficient (Wildman–Crippen LogP) is 19.8. The van der Waals surface area contributed by atoms with E-state index in [2.05, 4.69) is 314 Å². The highest BCUT2D eigenvalue weighted by molar-refractivity contribution is 6.12. The first-order valence-electron chi connectivity index (χ1n) is 26.6. The monoisotopic (exact) mass is 1000 g/mol. The molecule has 5 heteroatoms. The standard InChI is InChI=1S/C73H55N5/c1-50-18-16-20-58(44-50)69-49-68(74-73(75-69)59-21-17-19-51(2)45-59)56-36-34-54(35-37-56)53-30-32-55(33-31-53)57-38-41-70(52(3)46-57)78-71-42-39-64(76(60-22-8-4-9-23-60)61-24-10-5-11-25-61)47-66(71)67-48-65(40-43-72(67)78)77(62-26-12-6-13-27-62)63-28-14-7-15-29-63/h4-49H,1-3H3. The number of anilines is 6. The van der Waals surface area contributed by atoms with Gasteiger partial charge in [0.15, 0.2) is 5.82 Å². The lowest BCUT2D eigenvalue weighted by atomic mass is 9.97. The van der Waals surface area contributed by atoms with Crippen molar-refractivity contribution in [1.82, 2.24) is 14.5 Å². The fourth-order valence-corrected chi connectivity index (χ4v) is 11.0. The van der Waals surface area contributed by atoms with Crippen LogP contribution in [-0.4, -0.2) is 14.5 Å². The molecule has 0 amide bonds. The van der Waals surface area contributed by atoms with E-state index >= 15 is 0 Å². The quantitative estimate of drug-likeness (QED) is 0.122. The highest BCUT2D eigenvalue weighted by atomic mass is 15.1. The second-order valence-electron chi connectivity index (χ2n) is 20.1. The van der Waals surface area contributed by atoms with E-state index in [0.29, 0.717) is 0 Å². The van der Waals surface area contributed by atoms with E-state index in [-0.39, 0.29) is 0 Å². The average molecular weight is 1000 g/mol. The zero-order valence-corrected chi connectivity index (χ0v) is 43.8. The lowest BCUT2D eigenvalue weighted by Crippen LogP contribution is -2.09. The number of aryl methyl sites for hydroxylation is 3. The molecule has 78 heavy (non-hydrogen) atoms. The summed E-state index contributed by atoms with van der Waals surface area (Å²) in [6, 6.07) is 100. The fraction of sp³-hybridized carbons (Fsp3) is 0.0411. The van der Waals surface area contributed by atoms with Crippen molar-refractivity contribution in [1.29, 1.82) is 0 Å². The Balaban J connectivity index is 0.855. The number of nitrogens with zero attached hydrogens (tertiary/aromatic N) is 5. The molecular weight excluding hydrogens is 947 g/mol. The van der Waals surface area contributed by atoms with Crippen LogP contribution in [0.3, 0.4) is 0 Å². The normalized spacial score (nSPS) is 11.3. The molecule has 0 aliphatic carbocycles. The average Bonchev–Trinajstić information content (AvgIpc) is 3.98. The van der Waals surface area contributed by atoms with E-state index in [0.717, 1.165) is 95.9 Å². The Morgan fingerprint density at radius 1 is 0.282 bits per heavy atom. The molecule has 5 nitrogen and oxygen atoms in total. The largest absolute Gasteiger partial charge is 0.310 e. The van der Waals surface area contributed by atoms with Crippen LogP contribution in [0.2, 0.25) is 0 Å². The van der Waals surface area contributed by atoms with Crippen molar-refractivity contribution in [2.75, 3.05) is 9.80 Å². The molecule has 0 unspecified atom stereocenters. The number of fused-ring (bicyclic) bond motifs is 3. The third kappa shape index (κ3) is 9.29. The van der Waals surface area contributed by atoms with Crippen LogP contribution >= 0.6 is 0 Å². The molecule has 2 aromatic heterocycles. The van der Waals surface area contributed by atoms with Gasteiger partial charge in [0.2, 0.25) is 0 Å². The molecule has 13 rings (SSSR count). The Morgan fingerprint density at radius 3 is 1.13 bits per heavy atom. The van der Waals surface area contributed by atoms with Crippen LogP contribution < -0.4 is 9.80 Å². The Bertz CT molecular complexity index is 3980. The van der Waals surface area contributed by atoms with E-state index < -0.39 is 0 Å². The van der Waals surface area contributed by atoms with Gasteiger partial charge in [0.1, 0.15) is 0 Å². The zero-order chi connectivity index (χ0) is 52.5. The van der Waals surface area contributed by atoms with Gasteiger partial charge in [0.25, 0.3) is 0 Å². The van der Waals surface area contributed by atoms with Crippen molar-refractivity contribution < 1.29 is 0 Å². The van der Waals surface area contributed by atoms with E-state index in [1.165, 1.54) is 38.6 Å². The first-order chi connectivity index (χ1) is 38.4. The molecule has 0 N–H and O–H groups in total. The second-order valence-corrected chi connectivity index (χ2v) is 20.1. The summed E-state index contributed by atoms with van der Waals surface area (Å²) in [6.45, 7) is 6.46. The van der Waals surface area contributed by atoms with Crippen molar-refractivity contribution in [2.45, 2.75) is 20.8 Å². The third-order valence-corrected chi connectivity index (χ3v) is 14.8. The van der Waals surface area contributed by atoms with Crippen molar-refractivity contribution in [3.8, 4) is 61.8 Å². The van der Waals surface area contributed by atoms with Crippen molar-refractivity contribution >= 4 is 55.9 Å². The number of rotatable bonds is 12. The Hall–Kier alpha value is -10.1. The van der Waals surface area contributed by atoms with Gasteiger partial charge in [-0.2, -0.15) is 0 Å². The first kappa shape index (κ1) is 47.6. The third-order valence-electron chi connectivity index (χ3n) is 14.8. The summed E-state index contributed by atoms with van der Waals surface area (Å²) in [5, 5.41) is 2.34. The maximum Gasteiger partial charge on any atom is 0.160 e. The Labute approximate surface area is 456 Å². The summed E-state index contributed by atoms with van der Waals surface area (Å²) in [6.07, 6.45) is 0. The molecule has 11 aromatic carbocycles. The van der Waals surface area contributed by atoms with Gasteiger partial charge in [-0.3, -0.25) is 0 Å². The number of hydrogen-bond acceptors (Lipinski definition) is 4. The predicted molar refractivity (Wildman–Crippen MR) is 327 cm³/mol. The van der Waals surface area contributed by atoms with Gasteiger partial charge in [-0.25, -0.2) is 9.97 Å². The molecule has 13 aromatic rings. The van der Waals surface area contributed by atoms with Crippen LogP contribution in [0.1, 0.15) is 16.7 Å². The smallest absolute Gasteiger partial charge is 0.160 e. The molecule has 2 heterocycles. The minimum absolute atomic E-state index is 0.720. The Kier molecular flexibility index (Phi) is 12.5. The van der Waals surface area contributed by atoms with Gasteiger partial charge < -0.3 is 14.4 Å². The van der Waals surface area contributed by atoms with Crippen molar-refractivity contribution in [2.24, 2.45) is 0 Å². The van der Waals surface area contributed by atoms with Gasteiger partial charge in [-0.1, -0.05) is 175 Å². The molecule has 0 fully saturated rings. The molecule has 0 aliphatic rings. The summed E-state index contributed by atoms with van der Waals surface area (Å²) in [4.78, 5) is 14.9. The summed E-state index contributed by atoms with van der Waals surface area (Å²) < 4.78 is 2.45. The summed E-state index contributed by atoms with van der Waals surface area (Å²) in [5.74, 6) is 0.720. The minimum atomic E-state index is 0.720. The van der Waals surface area contributed by atoms with E-state index in [4.69, 9.17) is 9.97 Å². The van der Waals surface area contributed by atoms with E-state index in [9.17, 15) is 0 Å². The van der Waals surface area contributed by atoms with Gasteiger partial charge in [0.05, 0.1) is 22.4 Å². The molecule has 0 spiro atoms. The van der Waals surface area contributed by atoms with Gasteiger partial charge in [-0.05, 0) is 164 Å². The molecule has 372 valence electrons. The van der Waals surface area contributed by atoms with Gasteiger partial charge >= 0.3 is 0 Å². The topological polar surface area (TPSA) is 37.2 Å². The summed E-state index contributed by atoms with van der Waals surface area (Å²) >= 11 is 0. The maximum atomic E-state index is 5.11. The molecule has 0 aliphatic heterocycles. The molecule has 0 saturated heterocycles. The minimum Gasteiger partial charge on any atom is -0.310 e. The van der Waals surface area contributed by atoms with Crippen molar-refractivity contribution in [3.05, 3.63) is 296 Å². The van der Waals surface area contributed by atoms with Crippen LogP contribution in [0.5, 0.6) is 0 Å². The highest BCUT2D eigenvalue weighted by Gasteiger charge is 2.21. The van der Waals surface area contributed by atoms with Gasteiger partial charge in [-0.15, -0.1) is 0 Å². The lowest BCUT2D eigenvalue weighted by molar-refractivity contribution is 1.15. The summed E-state index contributed by atoms with van der Waals surface area (Å²) in [7, 11) is 0. The van der Waals surface area contributed by atoms with E-state index in [1.54, 1.807) is 0 Å². The Morgan fingerprint density at radius 2 is 0.679 bits per heavy atom. The maximum absolute atomic E-state index is 5.11. The molecular formula is C73H55N5. The number of benzene rings is 11. The number of para-hydroxylation sites is 4. The zero-order valence-electron chi connectivity index (χ0n) is 43.8. The molecule has 0 atom stereocenters. The van der Waals surface area contributed by atoms with E-state index in [1.807, 2.05) is 0 Å². The number of hydrogen-bond donors (Lipinski definition) is 0. The van der Waals surface area contributed by atoms with Crippen LogP contribution in [0.4, 0.5) is 34.1 Å². The van der Waals surface area contributed by atoms with Crippen LogP contribution in [-0.2, 0) is 0 Å². The van der Waals surface area contributed by atoms with Crippen LogP contribution in [0, 0.1) is 20.8 Å².